The largest absolute Gasteiger partial charge is 0.307 e. The van der Waals surface area contributed by atoms with Crippen molar-refractivity contribution in [2.24, 2.45) is 5.41 Å². The van der Waals surface area contributed by atoms with E-state index in [4.69, 9.17) is 0 Å². The summed E-state index contributed by atoms with van der Waals surface area (Å²) in [5.74, 6) is -0.366. The Balaban J connectivity index is 1.80. The first-order valence-electron chi connectivity index (χ1n) is 8.50. The van der Waals surface area contributed by atoms with Gasteiger partial charge in [0.05, 0.1) is 18.1 Å². The second-order valence-corrected chi connectivity index (χ2v) is 7.65. The molecule has 0 unspecified atom stereocenters. The third-order valence-corrected chi connectivity index (χ3v) is 4.11. The highest BCUT2D eigenvalue weighted by molar-refractivity contribution is 5.81. The maximum atomic E-state index is 13.9. The van der Waals surface area contributed by atoms with Crippen LogP contribution in [0.3, 0.4) is 0 Å². The van der Waals surface area contributed by atoms with Crippen molar-refractivity contribution in [1.29, 1.82) is 0 Å². The molecular formula is C20H20FN5. The van der Waals surface area contributed by atoms with Crippen LogP contribution < -0.4 is 0 Å². The molecule has 0 saturated carbocycles. The molecule has 132 valence electrons. The number of aromatic nitrogens is 5. The molecule has 6 heteroatoms. The van der Waals surface area contributed by atoms with Crippen molar-refractivity contribution >= 4 is 5.65 Å². The molecule has 0 amide bonds. The van der Waals surface area contributed by atoms with E-state index in [0.717, 1.165) is 28.9 Å². The van der Waals surface area contributed by atoms with Crippen LogP contribution in [-0.4, -0.2) is 24.1 Å². The molecule has 0 aliphatic heterocycles. The van der Waals surface area contributed by atoms with Gasteiger partial charge in [0.25, 0.3) is 0 Å². The van der Waals surface area contributed by atoms with Crippen molar-refractivity contribution in [3.8, 4) is 22.4 Å². The monoisotopic (exact) mass is 349 g/mol. The molecule has 26 heavy (non-hydrogen) atoms. The highest BCUT2D eigenvalue weighted by Crippen LogP contribution is 2.31. The molecule has 0 aliphatic rings. The van der Waals surface area contributed by atoms with Crippen molar-refractivity contribution in [2.45, 2.75) is 27.3 Å². The molecule has 0 atom stereocenters. The lowest BCUT2D eigenvalue weighted by atomic mass is 9.97. The zero-order valence-electron chi connectivity index (χ0n) is 15.0. The predicted octanol–water partition coefficient (Wildman–Crippen LogP) is 4.45. The van der Waals surface area contributed by atoms with Crippen molar-refractivity contribution in [3.05, 3.63) is 61.2 Å². The molecule has 0 aliphatic carbocycles. The fourth-order valence-electron chi connectivity index (χ4n) is 3.02. The number of pyridine rings is 2. The minimum atomic E-state index is -0.366. The highest BCUT2D eigenvalue weighted by Gasteiger charge is 2.16. The molecule has 0 saturated heterocycles. The van der Waals surface area contributed by atoms with Crippen LogP contribution in [0, 0.1) is 11.2 Å². The summed E-state index contributed by atoms with van der Waals surface area (Å²) in [6, 6.07) is 5.41. The van der Waals surface area contributed by atoms with E-state index in [-0.39, 0.29) is 11.2 Å². The van der Waals surface area contributed by atoms with Gasteiger partial charge in [-0.25, -0.2) is 9.37 Å². The topological polar surface area (TPSA) is 48.0 Å². The third kappa shape index (κ3) is 3.22. The van der Waals surface area contributed by atoms with Gasteiger partial charge in [0.15, 0.2) is 0 Å². The summed E-state index contributed by atoms with van der Waals surface area (Å²) >= 11 is 0. The van der Waals surface area contributed by atoms with E-state index in [1.807, 2.05) is 39.8 Å². The summed E-state index contributed by atoms with van der Waals surface area (Å²) in [5, 5.41) is 4.43. The lowest BCUT2D eigenvalue weighted by Gasteiger charge is -2.17. The van der Waals surface area contributed by atoms with Gasteiger partial charge in [-0.1, -0.05) is 20.8 Å². The Labute approximate surface area is 151 Å². The Kier molecular flexibility index (Phi) is 3.83. The van der Waals surface area contributed by atoms with Crippen molar-refractivity contribution < 1.29 is 4.39 Å². The normalized spacial score (nSPS) is 12.0. The first-order chi connectivity index (χ1) is 12.4. The van der Waals surface area contributed by atoms with Gasteiger partial charge in [-0.05, 0) is 23.6 Å². The maximum absolute atomic E-state index is 13.9. The van der Waals surface area contributed by atoms with E-state index >= 15 is 0 Å². The van der Waals surface area contributed by atoms with E-state index in [9.17, 15) is 4.39 Å². The Bertz CT molecular complexity index is 1070. The summed E-state index contributed by atoms with van der Waals surface area (Å²) in [6.07, 6.45) is 10.5. The zero-order chi connectivity index (χ0) is 18.3. The van der Waals surface area contributed by atoms with Crippen LogP contribution in [0.4, 0.5) is 4.39 Å². The van der Waals surface area contributed by atoms with Crippen LogP contribution in [0.5, 0.6) is 0 Å². The van der Waals surface area contributed by atoms with Gasteiger partial charge in [-0.2, -0.15) is 5.10 Å². The number of halogens is 1. The molecule has 4 aromatic rings. The first-order valence-corrected chi connectivity index (χ1v) is 8.50. The van der Waals surface area contributed by atoms with Crippen LogP contribution in [0.2, 0.25) is 0 Å². The van der Waals surface area contributed by atoms with Crippen LogP contribution >= 0.6 is 0 Å². The number of nitrogens with zero attached hydrogens (tertiary/aromatic N) is 5. The predicted molar refractivity (Wildman–Crippen MR) is 99.1 cm³/mol. The minimum Gasteiger partial charge on any atom is -0.307 e. The second-order valence-electron chi connectivity index (χ2n) is 7.65. The molecule has 0 spiro atoms. The smallest absolute Gasteiger partial charge is 0.142 e. The Hall–Kier alpha value is -3.02. The third-order valence-electron chi connectivity index (χ3n) is 4.11. The zero-order valence-corrected chi connectivity index (χ0v) is 15.0. The fourth-order valence-corrected chi connectivity index (χ4v) is 3.02. The average molecular weight is 349 g/mol. The molecule has 4 aromatic heterocycles. The molecule has 0 N–H and O–H groups in total. The van der Waals surface area contributed by atoms with Crippen molar-refractivity contribution in [3.63, 3.8) is 0 Å². The van der Waals surface area contributed by atoms with E-state index in [0.29, 0.717) is 5.69 Å². The molecule has 0 bridgehead atoms. The maximum Gasteiger partial charge on any atom is 0.142 e. The highest BCUT2D eigenvalue weighted by atomic mass is 19.1. The van der Waals surface area contributed by atoms with Gasteiger partial charge >= 0.3 is 0 Å². The minimum absolute atomic E-state index is 0.109. The van der Waals surface area contributed by atoms with Crippen LogP contribution in [-0.2, 0) is 6.54 Å². The summed E-state index contributed by atoms with van der Waals surface area (Å²) in [4.78, 5) is 8.66. The molecule has 5 nitrogen and oxygen atoms in total. The number of hydrogen-bond acceptors (Lipinski definition) is 3. The summed E-state index contributed by atoms with van der Waals surface area (Å²) < 4.78 is 17.7. The number of fused-ring (bicyclic) bond motifs is 1. The van der Waals surface area contributed by atoms with Gasteiger partial charge in [0, 0.05) is 48.0 Å². The van der Waals surface area contributed by atoms with E-state index in [1.54, 1.807) is 12.4 Å². The fraction of sp³-hybridized carbons (Fsp3) is 0.250. The van der Waals surface area contributed by atoms with Crippen LogP contribution in [0.25, 0.3) is 28.0 Å². The van der Waals surface area contributed by atoms with Gasteiger partial charge < -0.3 is 4.40 Å². The van der Waals surface area contributed by atoms with E-state index in [1.165, 1.54) is 12.3 Å². The van der Waals surface area contributed by atoms with E-state index in [2.05, 4.69) is 35.8 Å². The Morgan fingerprint density at radius 2 is 1.88 bits per heavy atom. The van der Waals surface area contributed by atoms with Crippen LogP contribution in [0.1, 0.15) is 20.8 Å². The molecule has 0 fully saturated rings. The van der Waals surface area contributed by atoms with E-state index < -0.39 is 0 Å². The Morgan fingerprint density at radius 3 is 2.69 bits per heavy atom. The molecule has 4 rings (SSSR count). The summed E-state index contributed by atoms with van der Waals surface area (Å²) in [5.41, 5.74) is 4.11. The van der Waals surface area contributed by atoms with Gasteiger partial charge in [0.1, 0.15) is 11.5 Å². The second kappa shape index (κ2) is 6.05. The molecule has 4 heterocycles. The SMILES string of the molecule is CC(C)(C)Cn1cc(-c2cc(F)cnc2-c2ccn3ccnc3c2)cn1. The molecule has 0 radical (unpaired) electrons. The lowest BCUT2D eigenvalue weighted by molar-refractivity contribution is 0.325. The number of imidazole rings is 1. The number of hydrogen-bond donors (Lipinski definition) is 0. The van der Waals surface area contributed by atoms with Crippen molar-refractivity contribution in [1.82, 2.24) is 24.1 Å². The van der Waals surface area contributed by atoms with Gasteiger partial charge in [0.2, 0.25) is 0 Å². The van der Waals surface area contributed by atoms with Gasteiger partial charge in [-0.3, -0.25) is 9.67 Å². The lowest BCUT2D eigenvalue weighted by Crippen LogP contribution is -2.15. The first kappa shape index (κ1) is 16.4. The van der Waals surface area contributed by atoms with Gasteiger partial charge in [-0.15, -0.1) is 0 Å². The molecular weight excluding hydrogens is 329 g/mol. The Morgan fingerprint density at radius 1 is 1.04 bits per heavy atom. The number of rotatable bonds is 3. The summed E-state index contributed by atoms with van der Waals surface area (Å²) in [6.45, 7) is 7.25. The van der Waals surface area contributed by atoms with Crippen LogP contribution in [0.15, 0.2) is 55.4 Å². The molecule has 0 aromatic carbocycles. The summed E-state index contributed by atoms with van der Waals surface area (Å²) in [7, 11) is 0. The van der Waals surface area contributed by atoms with Crippen molar-refractivity contribution in [2.75, 3.05) is 0 Å². The quantitative estimate of drug-likeness (QED) is 0.549. The standard InChI is InChI=1S/C20H20FN5/c1-20(2,3)13-26-12-15(10-24-26)17-9-16(21)11-23-19(17)14-4-6-25-7-5-22-18(25)8-14/h4-12H,13H2,1-3H3. The average Bonchev–Trinajstić information content (AvgIpc) is 3.21.